The fourth-order valence-corrected chi connectivity index (χ4v) is 2.24. The van der Waals surface area contributed by atoms with Gasteiger partial charge in [-0.25, -0.2) is 9.78 Å². The Morgan fingerprint density at radius 2 is 1.91 bits per heavy atom. The van der Waals surface area contributed by atoms with Crippen LogP contribution in [0.1, 0.15) is 21.6 Å². The van der Waals surface area contributed by atoms with Crippen LogP contribution in [0.5, 0.6) is 0 Å². The Bertz CT molecular complexity index is 829. The Kier molecular flexibility index (Phi) is 5.40. The zero-order valence-electron chi connectivity index (χ0n) is 11.2. The van der Waals surface area contributed by atoms with Crippen LogP contribution in [0.25, 0.3) is 0 Å². The SMILES string of the molecule is N#Cc1ccc(C=NNc2c(Cl)c(Cl)nc(C(=O)O)c2Cl)cc1. The smallest absolute Gasteiger partial charge is 0.356 e. The number of nitrogens with one attached hydrogen (secondary N) is 1. The molecule has 0 unspecified atom stereocenters. The fraction of sp³-hybridized carbons (Fsp3) is 0. The molecule has 2 aromatic rings. The second kappa shape index (κ2) is 7.29. The van der Waals surface area contributed by atoms with Gasteiger partial charge in [-0.2, -0.15) is 10.4 Å². The third kappa shape index (κ3) is 3.90. The quantitative estimate of drug-likeness (QED) is 0.481. The lowest BCUT2D eigenvalue weighted by molar-refractivity contribution is 0.0691. The first-order valence-electron chi connectivity index (χ1n) is 6.01. The number of anilines is 1. The predicted octanol–water partition coefficient (Wildman–Crippen LogP) is 4.06. The van der Waals surface area contributed by atoms with Crippen LogP contribution >= 0.6 is 34.8 Å². The number of nitriles is 1. The molecule has 9 heteroatoms. The van der Waals surface area contributed by atoms with E-state index in [2.05, 4.69) is 15.5 Å². The number of halogens is 3. The number of pyridine rings is 1. The summed E-state index contributed by atoms with van der Waals surface area (Å²) >= 11 is 17.7. The molecule has 2 N–H and O–H groups in total. The Labute approximate surface area is 145 Å². The van der Waals surface area contributed by atoms with Gasteiger partial charge in [0.25, 0.3) is 0 Å². The summed E-state index contributed by atoms with van der Waals surface area (Å²) in [7, 11) is 0. The van der Waals surface area contributed by atoms with Crippen molar-refractivity contribution in [3.05, 3.63) is 56.3 Å². The van der Waals surface area contributed by atoms with Crippen molar-refractivity contribution in [3.8, 4) is 6.07 Å². The molecule has 2 rings (SSSR count). The van der Waals surface area contributed by atoms with Crippen LogP contribution in [0.2, 0.25) is 15.2 Å². The summed E-state index contributed by atoms with van der Waals surface area (Å²) in [5.41, 5.74) is 3.38. The van der Waals surface area contributed by atoms with E-state index >= 15 is 0 Å². The van der Waals surface area contributed by atoms with E-state index < -0.39 is 11.7 Å². The first-order valence-corrected chi connectivity index (χ1v) is 7.14. The van der Waals surface area contributed by atoms with Crippen molar-refractivity contribution in [2.24, 2.45) is 5.10 Å². The Morgan fingerprint density at radius 3 is 2.48 bits per heavy atom. The third-order valence-corrected chi connectivity index (χ3v) is 3.78. The molecule has 0 bridgehead atoms. The van der Waals surface area contributed by atoms with Gasteiger partial charge >= 0.3 is 5.97 Å². The van der Waals surface area contributed by atoms with Gasteiger partial charge in [0, 0.05) is 0 Å². The molecule has 0 amide bonds. The van der Waals surface area contributed by atoms with E-state index in [-0.39, 0.29) is 20.9 Å². The molecule has 1 heterocycles. The molecule has 0 saturated heterocycles. The number of carboxylic acids is 1. The molecule has 0 spiro atoms. The lowest BCUT2D eigenvalue weighted by atomic mass is 10.2. The largest absolute Gasteiger partial charge is 0.476 e. The molecule has 1 aromatic heterocycles. The zero-order chi connectivity index (χ0) is 17.0. The van der Waals surface area contributed by atoms with Crippen molar-refractivity contribution >= 4 is 52.7 Å². The maximum absolute atomic E-state index is 11.1. The van der Waals surface area contributed by atoms with Crippen LogP contribution < -0.4 is 5.43 Å². The molecule has 23 heavy (non-hydrogen) atoms. The van der Waals surface area contributed by atoms with Crippen molar-refractivity contribution < 1.29 is 9.90 Å². The summed E-state index contributed by atoms with van der Waals surface area (Å²) in [6.07, 6.45) is 1.45. The van der Waals surface area contributed by atoms with Gasteiger partial charge in [-0.3, -0.25) is 5.43 Å². The van der Waals surface area contributed by atoms with Gasteiger partial charge in [0.2, 0.25) is 0 Å². The third-order valence-electron chi connectivity index (χ3n) is 2.67. The van der Waals surface area contributed by atoms with E-state index in [1.165, 1.54) is 6.21 Å². The highest BCUT2D eigenvalue weighted by molar-refractivity contribution is 6.46. The van der Waals surface area contributed by atoms with E-state index in [1.54, 1.807) is 24.3 Å². The standard InChI is InChI=1S/C14H7Cl3N4O2/c15-9-11(10(16)13(17)20-12(9)14(22)23)21-19-6-8-3-1-7(5-18)2-4-8/h1-4,6H,(H,20,21)(H,22,23). The zero-order valence-corrected chi connectivity index (χ0v) is 13.5. The molecule has 116 valence electrons. The number of carbonyl (C=O) groups is 1. The fourth-order valence-electron chi connectivity index (χ4n) is 1.57. The van der Waals surface area contributed by atoms with Gasteiger partial charge in [-0.05, 0) is 17.7 Å². The van der Waals surface area contributed by atoms with Crippen LogP contribution in [-0.2, 0) is 0 Å². The number of aromatic carboxylic acids is 1. The highest BCUT2D eigenvalue weighted by Gasteiger charge is 2.20. The molecular formula is C14H7Cl3N4O2. The van der Waals surface area contributed by atoms with Crippen LogP contribution in [0.4, 0.5) is 5.69 Å². The highest BCUT2D eigenvalue weighted by atomic mass is 35.5. The molecule has 0 aliphatic rings. The average molecular weight is 370 g/mol. The van der Waals surface area contributed by atoms with E-state index in [9.17, 15) is 4.79 Å². The summed E-state index contributed by atoms with van der Waals surface area (Å²) in [4.78, 5) is 14.6. The maximum Gasteiger partial charge on any atom is 0.356 e. The Morgan fingerprint density at radius 1 is 1.26 bits per heavy atom. The number of hydrogen-bond acceptors (Lipinski definition) is 5. The molecule has 6 nitrogen and oxygen atoms in total. The van der Waals surface area contributed by atoms with Gasteiger partial charge in [0.1, 0.15) is 10.0 Å². The number of hydrazone groups is 1. The number of rotatable bonds is 4. The minimum atomic E-state index is -1.34. The molecule has 0 aliphatic carbocycles. The van der Waals surface area contributed by atoms with Crippen molar-refractivity contribution in [2.75, 3.05) is 5.43 Å². The highest BCUT2D eigenvalue weighted by Crippen LogP contribution is 2.36. The molecule has 1 aromatic carbocycles. The summed E-state index contributed by atoms with van der Waals surface area (Å²) in [6.45, 7) is 0. The normalized spacial score (nSPS) is 10.5. The number of benzene rings is 1. The number of hydrogen-bond donors (Lipinski definition) is 2. The number of nitrogens with zero attached hydrogens (tertiary/aromatic N) is 3. The average Bonchev–Trinajstić information content (AvgIpc) is 2.54. The number of carboxylic acid groups (broad SMARTS) is 1. The molecule has 0 atom stereocenters. The van der Waals surface area contributed by atoms with Crippen LogP contribution in [-0.4, -0.2) is 22.3 Å². The van der Waals surface area contributed by atoms with E-state index in [1.807, 2.05) is 6.07 Å². The van der Waals surface area contributed by atoms with Gasteiger partial charge < -0.3 is 5.11 Å². The summed E-state index contributed by atoms with van der Waals surface area (Å²) < 4.78 is 0. The van der Waals surface area contributed by atoms with Crippen molar-refractivity contribution in [2.45, 2.75) is 0 Å². The van der Waals surface area contributed by atoms with E-state index in [0.29, 0.717) is 11.1 Å². The van der Waals surface area contributed by atoms with E-state index in [0.717, 1.165) is 0 Å². The lowest BCUT2D eigenvalue weighted by Crippen LogP contribution is -2.05. The van der Waals surface area contributed by atoms with Gasteiger partial charge in [-0.15, -0.1) is 0 Å². The molecule has 0 saturated carbocycles. The molecule has 0 radical (unpaired) electrons. The minimum absolute atomic E-state index is 0.0376. The summed E-state index contributed by atoms with van der Waals surface area (Å²) in [5, 5.41) is 21.2. The Balaban J connectivity index is 2.27. The topological polar surface area (TPSA) is 98.4 Å². The Hall–Kier alpha value is -2.33. The second-order valence-electron chi connectivity index (χ2n) is 4.16. The van der Waals surface area contributed by atoms with Gasteiger partial charge in [-0.1, -0.05) is 46.9 Å². The van der Waals surface area contributed by atoms with Crippen molar-refractivity contribution in [1.29, 1.82) is 5.26 Å². The van der Waals surface area contributed by atoms with Crippen molar-refractivity contribution in [1.82, 2.24) is 4.98 Å². The lowest BCUT2D eigenvalue weighted by Gasteiger charge is -2.09. The first kappa shape index (κ1) is 17.0. The van der Waals surface area contributed by atoms with Crippen molar-refractivity contribution in [3.63, 3.8) is 0 Å². The maximum atomic E-state index is 11.1. The van der Waals surface area contributed by atoms with Crippen LogP contribution in [0, 0.1) is 11.3 Å². The van der Waals surface area contributed by atoms with Crippen LogP contribution in [0.3, 0.4) is 0 Å². The summed E-state index contributed by atoms with van der Waals surface area (Å²) in [5.74, 6) is -1.34. The van der Waals surface area contributed by atoms with Gasteiger partial charge in [0.05, 0.1) is 23.5 Å². The monoisotopic (exact) mass is 368 g/mol. The minimum Gasteiger partial charge on any atom is -0.476 e. The number of aromatic nitrogens is 1. The van der Waals surface area contributed by atoms with Crippen LogP contribution in [0.15, 0.2) is 29.4 Å². The van der Waals surface area contributed by atoms with Gasteiger partial charge in [0.15, 0.2) is 10.8 Å². The summed E-state index contributed by atoms with van der Waals surface area (Å²) in [6, 6.07) is 8.65. The second-order valence-corrected chi connectivity index (χ2v) is 5.28. The molecule has 0 fully saturated rings. The van der Waals surface area contributed by atoms with E-state index in [4.69, 9.17) is 45.2 Å². The predicted molar refractivity (Wildman–Crippen MR) is 88.6 cm³/mol. The molecule has 0 aliphatic heterocycles. The first-order chi connectivity index (χ1) is 10.9. The molecular weight excluding hydrogens is 363 g/mol.